The Morgan fingerprint density at radius 2 is 1.74 bits per heavy atom. The van der Waals surface area contributed by atoms with Gasteiger partial charge < -0.3 is 5.32 Å². The van der Waals surface area contributed by atoms with E-state index in [0.717, 1.165) is 23.6 Å². The highest BCUT2D eigenvalue weighted by Gasteiger charge is 2.09. The molecule has 0 aliphatic carbocycles. The lowest BCUT2D eigenvalue weighted by Gasteiger charge is -2.10. The van der Waals surface area contributed by atoms with E-state index in [1.54, 1.807) is 12.4 Å². The molecule has 0 spiro atoms. The van der Waals surface area contributed by atoms with Gasteiger partial charge in [0, 0.05) is 24.5 Å². The molecule has 1 aromatic heterocycles. The van der Waals surface area contributed by atoms with E-state index in [1.165, 1.54) is 10.8 Å². The maximum atomic E-state index is 4.49. The maximum Gasteiger partial charge on any atom is 0.152 e. The van der Waals surface area contributed by atoms with E-state index in [2.05, 4.69) is 58.6 Å². The van der Waals surface area contributed by atoms with Crippen molar-refractivity contribution in [1.82, 2.24) is 9.97 Å². The second kappa shape index (κ2) is 5.06. The predicted octanol–water partition coefficient (Wildman–Crippen LogP) is 3.73. The summed E-state index contributed by atoms with van der Waals surface area (Å²) in [5.74, 6) is 0.835. The van der Waals surface area contributed by atoms with Gasteiger partial charge in [0.25, 0.3) is 0 Å². The van der Waals surface area contributed by atoms with Crippen LogP contribution >= 0.6 is 0 Å². The Bertz CT molecular complexity index is 702. The molecule has 0 saturated heterocycles. The minimum atomic E-state index is 0.830. The van der Waals surface area contributed by atoms with Crippen LogP contribution in [-0.2, 0) is 0 Å². The van der Waals surface area contributed by atoms with Crippen LogP contribution in [0.15, 0.2) is 54.9 Å². The molecule has 3 rings (SSSR count). The molecule has 94 valence electrons. The summed E-state index contributed by atoms with van der Waals surface area (Å²) in [5, 5.41) is 5.68. The third-order valence-electron chi connectivity index (χ3n) is 3.09. The number of fused-ring (bicyclic) bond motifs is 1. The zero-order valence-corrected chi connectivity index (χ0v) is 10.8. The highest BCUT2D eigenvalue weighted by molar-refractivity contribution is 5.97. The number of rotatable bonds is 3. The second-order valence-corrected chi connectivity index (χ2v) is 4.31. The third kappa shape index (κ3) is 2.15. The van der Waals surface area contributed by atoms with Crippen LogP contribution in [0.25, 0.3) is 22.0 Å². The van der Waals surface area contributed by atoms with Crippen molar-refractivity contribution < 1.29 is 0 Å². The van der Waals surface area contributed by atoms with Gasteiger partial charge >= 0.3 is 0 Å². The molecule has 3 nitrogen and oxygen atoms in total. The van der Waals surface area contributed by atoms with Gasteiger partial charge in [-0.25, -0.2) is 4.98 Å². The third-order valence-corrected chi connectivity index (χ3v) is 3.09. The number of hydrogen-bond donors (Lipinski definition) is 1. The largest absolute Gasteiger partial charge is 0.369 e. The van der Waals surface area contributed by atoms with Crippen molar-refractivity contribution in [3.05, 3.63) is 54.9 Å². The molecular weight excluding hydrogens is 234 g/mol. The molecule has 3 aromatic rings. The molecular formula is C16H15N3. The van der Waals surface area contributed by atoms with Gasteiger partial charge in [-0.3, -0.25) is 4.98 Å². The highest BCUT2D eigenvalue weighted by atomic mass is 15.0. The second-order valence-electron chi connectivity index (χ2n) is 4.31. The molecule has 0 saturated carbocycles. The van der Waals surface area contributed by atoms with Crippen LogP contribution in [0.2, 0.25) is 0 Å². The number of nitrogens with zero attached hydrogens (tertiary/aromatic N) is 2. The summed E-state index contributed by atoms with van der Waals surface area (Å²) in [6, 6.07) is 14.6. The van der Waals surface area contributed by atoms with Gasteiger partial charge in [0.1, 0.15) is 5.69 Å². The van der Waals surface area contributed by atoms with Crippen LogP contribution in [0.5, 0.6) is 0 Å². The molecule has 1 N–H and O–H groups in total. The lowest BCUT2D eigenvalue weighted by molar-refractivity contribution is 1.13. The van der Waals surface area contributed by atoms with Gasteiger partial charge in [0.15, 0.2) is 5.82 Å². The Balaban J connectivity index is 2.25. The average Bonchev–Trinajstić information content (AvgIpc) is 2.48. The van der Waals surface area contributed by atoms with Crippen LogP contribution < -0.4 is 5.32 Å². The van der Waals surface area contributed by atoms with E-state index < -0.39 is 0 Å². The molecule has 2 aromatic carbocycles. The minimum Gasteiger partial charge on any atom is -0.369 e. The molecule has 0 bridgehead atoms. The zero-order chi connectivity index (χ0) is 13.1. The smallest absolute Gasteiger partial charge is 0.152 e. The van der Waals surface area contributed by atoms with Crippen LogP contribution in [-0.4, -0.2) is 16.5 Å². The fraction of sp³-hybridized carbons (Fsp3) is 0.125. The predicted molar refractivity (Wildman–Crippen MR) is 79.1 cm³/mol. The Labute approximate surface area is 112 Å². The van der Waals surface area contributed by atoms with Crippen molar-refractivity contribution in [3.8, 4) is 11.3 Å². The molecule has 1 heterocycles. The molecule has 0 radical (unpaired) electrons. The summed E-state index contributed by atoms with van der Waals surface area (Å²) in [4.78, 5) is 8.87. The Hall–Kier alpha value is -2.42. The number of aromatic nitrogens is 2. The van der Waals surface area contributed by atoms with Gasteiger partial charge in [0.2, 0.25) is 0 Å². The lowest BCUT2D eigenvalue weighted by Crippen LogP contribution is -2.02. The van der Waals surface area contributed by atoms with Crippen molar-refractivity contribution in [1.29, 1.82) is 0 Å². The van der Waals surface area contributed by atoms with E-state index in [0.29, 0.717) is 0 Å². The first-order valence-corrected chi connectivity index (χ1v) is 6.43. The summed E-state index contributed by atoms with van der Waals surface area (Å²) >= 11 is 0. The van der Waals surface area contributed by atoms with E-state index in [9.17, 15) is 0 Å². The lowest BCUT2D eigenvalue weighted by atomic mass is 10.0. The molecule has 0 aliphatic heterocycles. The quantitative estimate of drug-likeness (QED) is 0.768. The molecule has 0 unspecified atom stereocenters. The molecule has 19 heavy (non-hydrogen) atoms. The van der Waals surface area contributed by atoms with Crippen molar-refractivity contribution in [3.63, 3.8) is 0 Å². The van der Waals surface area contributed by atoms with E-state index in [4.69, 9.17) is 0 Å². The fourth-order valence-electron chi connectivity index (χ4n) is 2.26. The first-order valence-electron chi connectivity index (χ1n) is 6.43. The van der Waals surface area contributed by atoms with Crippen LogP contribution in [0, 0.1) is 0 Å². The molecule has 0 aliphatic rings. The van der Waals surface area contributed by atoms with E-state index >= 15 is 0 Å². The first kappa shape index (κ1) is 11.7. The van der Waals surface area contributed by atoms with Gasteiger partial charge in [-0.1, -0.05) is 42.5 Å². The summed E-state index contributed by atoms with van der Waals surface area (Å²) < 4.78 is 0. The standard InChI is InChI=1S/C16H15N3/c1-2-17-16-15(18-10-11-19-16)14-9-5-7-12-6-3-4-8-13(12)14/h3-11H,2H2,1H3,(H,17,19). The summed E-state index contributed by atoms with van der Waals surface area (Å²) in [5.41, 5.74) is 2.02. The Kier molecular flexibility index (Phi) is 3.11. The van der Waals surface area contributed by atoms with Crippen molar-refractivity contribution in [2.24, 2.45) is 0 Å². The molecule has 3 heteroatoms. The topological polar surface area (TPSA) is 37.8 Å². The molecule has 0 amide bonds. The molecule has 0 fully saturated rings. The van der Waals surface area contributed by atoms with Crippen molar-refractivity contribution >= 4 is 16.6 Å². The number of nitrogens with one attached hydrogen (secondary N) is 1. The SMILES string of the molecule is CCNc1nccnc1-c1cccc2ccccc12. The zero-order valence-electron chi connectivity index (χ0n) is 10.8. The summed E-state index contributed by atoms with van der Waals surface area (Å²) in [6.07, 6.45) is 3.45. The van der Waals surface area contributed by atoms with Gasteiger partial charge in [-0.2, -0.15) is 0 Å². The summed E-state index contributed by atoms with van der Waals surface area (Å²) in [6.45, 7) is 2.89. The Morgan fingerprint density at radius 1 is 0.947 bits per heavy atom. The number of anilines is 1. The fourth-order valence-corrected chi connectivity index (χ4v) is 2.26. The van der Waals surface area contributed by atoms with Gasteiger partial charge in [-0.05, 0) is 17.7 Å². The van der Waals surface area contributed by atoms with E-state index in [-0.39, 0.29) is 0 Å². The normalized spacial score (nSPS) is 10.6. The van der Waals surface area contributed by atoms with Crippen LogP contribution in [0.4, 0.5) is 5.82 Å². The number of benzene rings is 2. The highest BCUT2D eigenvalue weighted by Crippen LogP contribution is 2.30. The van der Waals surface area contributed by atoms with Crippen LogP contribution in [0.1, 0.15) is 6.92 Å². The average molecular weight is 249 g/mol. The van der Waals surface area contributed by atoms with Crippen molar-refractivity contribution in [2.45, 2.75) is 6.92 Å². The maximum absolute atomic E-state index is 4.49. The van der Waals surface area contributed by atoms with Gasteiger partial charge in [0.05, 0.1) is 0 Å². The van der Waals surface area contributed by atoms with Gasteiger partial charge in [-0.15, -0.1) is 0 Å². The first-order chi connectivity index (χ1) is 9.40. The Morgan fingerprint density at radius 3 is 2.63 bits per heavy atom. The minimum absolute atomic E-state index is 0.830. The monoisotopic (exact) mass is 249 g/mol. The van der Waals surface area contributed by atoms with E-state index in [1.807, 2.05) is 6.07 Å². The van der Waals surface area contributed by atoms with Crippen LogP contribution in [0.3, 0.4) is 0 Å². The summed E-state index contributed by atoms with van der Waals surface area (Å²) in [7, 11) is 0. The number of hydrogen-bond acceptors (Lipinski definition) is 3. The molecule has 0 atom stereocenters. The van der Waals surface area contributed by atoms with Crippen molar-refractivity contribution in [2.75, 3.05) is 11.9 Å².